The molecule has 3 aromatic rings. The number of carbonyl (C=O) groups excluding carboxylic acids is 2. The lowest BCUT2D eigenvalue weighted by atomic mass is 10.1. The van der Waals surface area contributed by atoms with Crippen LogP contribution in [0.1, 0.15) is 28.4 Å². The van der Waals surface area contributed by atoms with Crippen LogP contribution in [0.15, 0.2) is 77.7 Å². The van der Waals surface area contributed by atoms with Gasteiger partial charge in [0.05, 0.1) is 10.8 Å². The van der Waals surface area contributed by atoms with E-state index in [9.17, 15) is 22.8 Å². The number of anilines is 2. The maximum absolute atomic E-state index is 12.9. The van der Waals surface area contributed by atoms with Gasteiger partial charge in [-0.15, -0.1) is 11.8 Å². The fourth-order valence-corrected chi connectivity index (χ4v) is 3.76. The van der Waals surface area contributed by atoms with E-state index in [1.807, 2.05) is 19.1 Å². The minimum atomic E-state index is -4.48. The van der Waals surface area contributed by atoms with Crippen LogP contribution in [0.3, 0.4) is 0 Å². The first-order chi connectivity index (χ1) is 15.1. The van der Waals surface area contributed by atoms with Crippen molar-refractivity contribution in [2.45, 2.75) is 30.2 Å². The molecule has 8 heteroatoms. The third-order valence-corrected chi connectivity index (χ3v) is 5.64. The highest BCUT2D eigenvalue weighted by Gasteiger charge is 2.30. The number of carbonyl (C=O) groups is 2. The van der Waals surface area contributed by atoms with E-state index >= 15 is 0 Å². The zero-order chi connectivity index (χ0) is 23.3. The van der Waals surface area contributed by atoms with Crippen LogP contribution < -0.4 is 10.6 Å². The van der Waals surface area contributed by atoms with Gasteiger partial charge in [-0.05, 0) is 62.4 Å². The van der Waals surface area contributed by atoms with Gasteiger partial charge in [0.15, 0.2) is 0 Å². The number of thioether (sulfide) groups is 1. The molecule has 1 unspecified atom stereocenters. The Kier molecular flexibility index (Phi) is 7.25. The average molecular weight is 459 g/mol. The first-order valence-corrected chi connectivity index (χ1v) is 10.6. The molecule has 0 saturated heterocycles. The van der Waals surface area contributed by atoms with E-state index in [1.165, 1.54) is 23.9 Å². The Morgan fingerprint density at radius 2 is 1.50 bits per heavy atom. The van der Waals surface area contributed by atoms with E-state index in [2.05, 4.69) is 10.6 Å². The Hall–Kier alpha value is -3.26. The highest BCUT2D eigenvalue weighted by molar-refractivity contribution is 8.00. The second kappa shape index (κ2) is 9.91. The summed E-state index contributed by atoms with van der Waals surface area (Å²) < 4.78 is 38.6. The number of alkyl halides is 3. The van der Waals surface area contributed by atoms with Gasteiger partial charge >= 0.3 is 6.18 Å². The van der Waals surface area contributed by atoms with Crippen molar-refractivity contribution in [1.29, 1.82) is 0 Å². The van der Waals surface area contributed by atoms with Crippen molar-refractivity contribution in [2.24, 2.45) is 0 Å². The number of aryl methyl sites for hydroxylation is 1. The summed E-state index contributed by atoms with van der Waals surface area (Å²) in [6, 6.07) is 18.7. The van der Waals surface area contributed by atoms with Crippen molar-refractivity contribution in [3.8, 4) is 0 Å². The lowest BCUT2D eigenvalue weighted by Gasteiger charge is -2.14. The van der Waals surface area contributed by atoms with Gasteiger partial charge in [0.25, 0.3) is 5.91 Å². The predicted molar refractivity (Wildman–Crippen MR) is 121 cm³/mol. The average Bonchev–Trinajstić information content (AvgIpc) is 2.74. The summed E-state index contributed by atoms with van der Waals surface area (Å²) in [6.45, 7) is 3.60. The number of hydrogen-bond donors (Lipinski definition) is 2. The Balaban J connectivity index is 1.62. The first-order valence-electron chi connectivity index (χ1n) is 9.75. The van der Waals surface area contributed by atoms with Crippen LogP contribution in [-0.2, 0) is 11.0 Å². The Morgan fingerprint density at radius 3 is 2.16 bits per heavy atom. The third kappa shape index (κ3) is 6.37. The van der Waals surface area contributed by atoms with Gasteiger partial charge in [-0.25, -0.2) is 0 Å². The molecule has 0 aliphatic heterocycles. The number of hydrogen-bond acceptors (Lipinski definition) is 3. The summed E-state index contributed by atoms with van der Waals surface area (Å²) in [5, 5.41) is 4.76. The fraction of sp³-hybridized carbons (Fsp3) is 0.167. The smallest absolute Gasteiger partial charge is 0.325 e. The van der Waals surface area contributed by atoms with Crippen LogP contribution in [0.25, 0.3) is 0 Å². The lowest BCUT2D eigenvalue weighted by molar-refractivity contribution is -0.137. The summed E-state index contributed by atoms with van der Waals surface area (Å²) in [5.41, 5.74) is 1.41. The summed E-state index contributed by atoms with van der Waals surface area (Å²) in [5.74, 6) is -0.675. The molecule has 0 radical (unpaired) electrons. The zero-order valence-electron chi connectivity index (χ0n) is 17.4. The van der Waals surface area contributed by atoms with Crippen LogP contribution in [0.5, 0.6) is 0 Å². The van der Waals surface area contributed by atoms with Crippen LogP contribution >= 0.6 is 11.8 Å². The quantitative estimate of drug-likeness (QED) is 0.421. The molecule has 0 heterocycles. The Morgan fingerprint density at radius 1 is 0.875 bits per heavy atom. The summed E-state index contributed by atoms with van der Waals surface area (Å²) in [7, 11) is 0. The highest BCUT2D eigenvalue weighted by Crippen LogP contribution is 2.31. The number of rotatable bonds is 6. The van der Waals surface area contributed by atoms with Gasteiger partial charge in [-0.3, -0.25) is 9.59 Å². The molecule has 0 bridgehead atoms. The molecular formula is C24H21F3N2O2S. The normalized spacial score (nSPS) is 12.2. The van der Waals surface area contributed by atoms with E-state index in [-0.39, 0.29) is 11.6 Å². The lowest BCUT2D eigenvalue weighted by Crippen LogP contribution is -2.22. The summed E-state index contributed by atoms with van der Waals surface area (Å²) >= 11 is 1.23. The third-order valence-electron chi connectivity index (χ3n) is 4.55. The van der Waals surface area contributed by atoms with E-state index in [4.69, 9.17) is 0 Å². The van der Waals surface area contributed by atoms with Gasteiger partial charge < -0.3 is 10.6 Å². The topological polar surface area (TPSA) is 58.2 Å². The largest absolute Gasteiger partial charge is 0.416 e. The minimum absolute atomic E-state index is 0.0800. The van der Waals surface area contributed by atoms with Crippen molar-refractivity contribution in [2.75, 3.05) is 10.6 Å². The van der Waals surface area contributed by atoms with E-state index in [0.717, 1.165) is 22.6 Å². The van der Waals surface area contributed by atoms with Gasteiger partial charge in [-0.2, -0.15) is 13.2 Å². The molecule has 0 aromatic heterocycles. The monoisotopic (exact) mass is 458 g/mol. The second-order valence-electron chi connectivity index (χ2n) is 7.18. The molecular weight excluding hydrogens is 437 g/mol. The van der Waals surface area contributed by atoms with Crippen molar-refractivity contribution in [3.05, 3.63) is 89.5 Å². The summed E-state index contributed by atoms with van der Waals surface area (Å²) in [4.78, 5) is 25.6. The Labute approximate surface area is 188 Å². The number of benzene rings is 3. The molecule has 4 nitrogen and oxygen atoms in total. The van der Waals surface area contributed by atoms with E-state index < -0.39 is 22.9 Å². The minimum Gasteiger partial charge on any atom is -0.325 e. The maximum atomic E-state index is 12.9. The highest BCUT2D eigenvalue weighted by atomic mass is 32.2. The molecule has 166 valence electrons. The standard InChI is InChI=1S/C24H21F3N2O2S/c1-15-9-11-17(12-10-15)23(31)29-20-7-4-8-21(14-20)32-16(2)22(30)28-19-6-3-5-18(13-19)24(25,26)27/h3-14,16H,1-2H3,(H,28,30)(H,29,31). The molecule has 3 rings (SSSR count). The number of halogens is 3. The first kappa shape index (κ1) is 23.4. The second-order valence-corrected chi connectivity index (χ2v) is 8.59. The molecule has 0 fully saturated rings. The van der Waals surface area contributed by atoms with E-state index in [1.54, 1.807) is 43.3 Å². The molecule has 2 N–H and O–H groups in total. The van der Waals surface area contributed by atoms with Crippen LogP contribution in [0, 0.1) is 6.92 Å². The maximum Gasteiger partial charge on any atom is 0.416 e. The fourth-order valence-electron chi connectivity index (χ4n) is 2.83. The Bertz CT molecular complexity index is 1110. The van der Waals surface area contributed by atoms with Crippen LogP contribution in [-0.4, -0.2) is 17.1 Å². The molecule has 0 aliphatic rings. The van der Waals surface area contributed by atoms with Crippen molar-refractivity contribution < 1.29 is 22.8 Å². The zero-order valence-corrected chi connectivity index (χ0v) is 18.2. The van der Waals surface area contributed by atoms with Gasteiger partial charge in [0.1, 0.15) is 0 Å². The van der Waals surface area contributed by atoms with Gasteiger partial charge in [-0.1, -0.05) is 29.8 Å². The van der Waals surface area contributed by atoms with Crippen LogP contribution in [0.2, 0.25) is 0 Å². The molecule has 0 aliphatic carbocycles. The number of amides is 2. The molecule has 2 amide bonds. The van der Waals surface area contributed by atoms with Crippen molar-refractivity contribution in [1.82, 2.24) is 0 Å². The summed E-state index contributed by atoms with van der Waals surface area (Å²) in [6.07, 6.45) is -4.48. The molecule has 3 aromatic carbocycles. The SMILES string of the molecule is Cc1ccc(C(=O)Nc2cccc(SC(C)C(=O)Nc3cccc(C(F)(F)F)c3)c2)cc1. The molecule has 1 atom stereocenters. The van der Waals surface area contributed by atoms with Crippen molar-refractivity contribution in [3.63, 3.8) is 0 Å². The van der Waals surface area contributed by atoms with Crippen LogP contribution in [0.4, 0.5) is 24.5 Å². The molecule has 0 spiro atoms. The van der Waals surface area contributed by atoms with E-state index in [0.29, 0.717) is 11.3 Å². The van der Waals surface area contributed by atoms with Crippen molar-refractivity contribution >= 4 is 35.0 Å². The molecule has 0 saturated carbocycles. The van der Waals surface area contributed by atoms with Gasteiger partial charge in [0, 0.05) is 21.8 Å². The molecule has 32 heavy (non-hydrogen) atoms. The number of nitrogens with one attached hydrogen (secondary N) is 2. The predicted octanol–water partition coefficient (Wildman–Crippen LogP) is 6.39. The van der Waals surface area contributed by atoms with Gasteiger partial charge in [0.2, 0.25) is 5.91 Å².